The van der Waals surface area contributed by atoms with Crippen molar-refractivity contribution in [2.45, 2.75) is 40.7 Å². The molecule has 2 rings (SSSR count). The first-order chi connectivity index (χ1) is 9.47. The molecular formula is C16H24N4. The Kier molecular flexibility index (Phi) is 4.02. The zero-order chi connectivity index (χ0) is 14.9. The highest BCUT2D eigenvalue weighted by Gasteiger charge is 2.21. The Bertz CT molecular complexity index is 599. The van der Waals surface area contributed by atoms with Crippen LogP contribution in [0.1, 0.15) is 38.1 Å². The lowest BCUT2D eigenvalue weighted by molar-refractivity contribution is 0.529. The van der Waals surface area contributed by atoms with Crippen LogP contribution in [0.15, 0.2) is 24.3 Å². The summed E-state index contributed by atoms with van der Waals surface area (Å²) in [5, 5.41) is 4.58. The molecule has 0 spiro atoms. The van der Waals surface area contributed by atoms with Gasteiger partial charge >= 0.3 is 0 Å². The molecule has 1 aromatic heterocycles. The van der Waals surface area contributed by atoms with Gasteiger partial charge in [-0.15, -0.1) is 0 Å². The number of hydrogen-bond donors (Lipinski definition) is 1. The van der Waals surface area contributed by atoms with E-state index in [1.807, 2.05) is 11.6 Å². The summed E-state index contributed by atoms with van der Waals surface area (Å²) in [5.74, 6) is 0.995. The van der Waals surface area contributed by atoms with Gasteiger partial charge in [0.05, 0.1) is 11.4 Å². The van der Waals surface area contributed by atoms with Gasteiger partial charge in [-0.05, 0) is 46.2 Å². The minimum Gasteiger partial charge on any atom is -0.394 e. The van der Waals surface area contributed by atoms with Crippen LogP contribution in [0.2, 0.25) is 0 Å². The second kappa shape index (κ2) is 5.57. The number of hydrogen-bond acceptors (Lipinski definition) is 3. The third-order valence-electron chi connectivity index (χ3n) is 3.57. The fourth-order valence-electron chi connectivity index (χ4n) is 2.48. The van der Waals surface area contributed by atoms with Crippen molar-refractivity contribution in [2.24, 2.45) is 0 Å². The molecule has 2 aromatic rings. The van der Waals surface area contributed by atoms with Crippen molar-refractivity contribution in [1.82, 2.24) is 9.78 Å². The molecule has 0 atom stereocenters. The largest absolute Gasteiger partial charge is 0.394 e. The van der Waals surface area contributed by atoms with Crippen LogP contribution in [-0.2, 0) is 0 Å². The van der Waals surface area contributed by atoms with Gasteiger partial charge in [-0.3, -0.25) is 0 Å². The molecule has 0 aliphatic carbocycles. The quantitative estimate of drug-likeness (QED) is 0.920. The monoisotopic (exact) mass is 272 g/mol. The van der Waals surface area contributed by atoms with E-state index in [4.69, 9.17) is 5.73 Å². The molecule has 0 saturated carbocycles. The van der Waals surface area contributed by atoms with E-state index in [0.29, 0.717) is 0 Å². The third-order valence-corrected chi connectivity index (χ3v) is 3.57. The molecule has 20 heavy (non-hydrogen) atoms. The zero-order valence-corrected chi connectivity index (χ0v) is 13.0. The minimum atomic E-state index is 0.277. The van der Waals surface area contributed by atoms with Crippen molar-refractivity contribution in [2.75, 3.05) is 17.2 Å². The van der Waals surface area contributed by atoms with E-state index < -0.39 is 0 Å². The molecule has 2 N–H and O–H groups in total. The van der Waals surface area contributed by atoms with Gasteiger partial charge in [0.25, 0.3) is 0 Å². The minimum absolute atomic E-state index is 0.277. The van der Waals surface area contributed by atoms with Gasteiger partial charge in [0, 0.05) is 18.3 Å². The number of anilines is 3. The fraction of sp³-hybridized carbons (Fsp3) is 0.438. The predicted octanol–water partition coefficient (Wildman–Crippen LogP) is 3.82. The van der Waals surface area contributed by atoms with E-state index in [0.717, 1.165) is 23.7 Å². The van der Waals surface area contributed by atoms with Crippen LogP contribution < -0.4 is 10.6 Å². The number of rotatable bonds is 4. The van der Waals surface area contributed by atoms with Gasteiger partial charge in [-0.1, -0.05) is 18.2 Å². The smallest absolute Gasteiger partial charge is 0.155 e. The van der Waals surface area contributed by atoms with Crippen LogP contribution in [0.25, 0.3) is 0 Å². The molecule has 1 aromatic carbocycles. The van der Waals surface area contributed by atoms with Crippen LogP contribution in [0.5, 0.6) is 0 Å². The van der Waals surface area contributed by atoms with E-state index in [2.05, 4.69) is 62.0 Å². The van der Waals surface area contributed by atoms with Crippen LogP contribution in [0.3, 0.4) is 0 Å². The summed E-state index contributed by atoms with van der Waals surface area (Å²) in [5.41, 5.74) is 10.4. The lowest BCUT2D eigenvalue weighted by atomic mass is 10.1. The van der Waals surface area contributed by atoms with Gasteiger partial charge in [0.1, 0.15) is 0 Å². The molecule has 0 fully saturated rings. The lowest BCUT2D eigenvalue weighted by Gasteiger charge is -2.27. The topological polar surface area (TPSA) is 47.1 Å². The van der Waals surface area contributed by atoms with E-state index in [-0.39, 0.29) is 6.04 Å². The average Bonchev–Trinajstić information content (AvgIpc) is 2.70. The molecule has 1 heterocycles. The van der Waals surface area contributed by atoms with Gasteiger partial charge in [0.2, 0.25) is 0 Å². The zero-order valence-electron chi connectivity index (χ0n) is 13.0. The second-order valence-corrected chi connectivity index (χ2v) is 5.39. The summed E-state index contributed by atoms with van der Waals surface area (Å²) < 4.78 is 2.01. The second-order valence-electron chi connectivity index (χ2n) is 5.39. The van der Waals surface area contributed by atoms with E-state index >= 15 is 0 Å². The fourth-order valence-corrected chi connectivity index (χ4v) is 2.48. The Labute approximate surface area is 121 Å². The van der Waals surface area contributed by atoms with Crippen molar-refractivity contribution in [3.8, 4) is 0 Å². The summed E-state index contributed by atoms with van der Waals surface area (Å²) in [4.78, 5) is 2.24. The van der Waals surface area contributed by atoms with Crippen LogP contribution >= 0.6 is 0 Å². The first-order valence-corrected chi connectivity index (χ1v) is 7.15. The highest BCUT2D eigenvalue weighted by molar-refractivity contribution is 5.75. The Morgan fingerprint density at radius 3 is 2.45 bits per heavy atom. The number of aryl methyl sites for hydroxylation is 2. The van der Waals surface area contributed by atoms with Gasteiger partial charge in [-0.2, -0.15) is 5.10 Å². The summed E-state index contributed by atoms with van der Waals surface area (Å²) in [6.07, 6.45) is 0. The van der Waals surface area contributed by atoms with Crippen LogP contribution in [-0.4, -0.2) is 16.3 Å². The first kappa shape index (κ1) is 14.4. The molecule has 0 saturated heterocycles. The molecule has 0 amide bonds. The summed E-state index contributed by atoms with van der Waals surface area (Å²) >= 11 is 0. The Hall–Kier alpha value is -1.97. The molecule has 0 unspecified atom stereocenters. The summed E-state index contributed by atoms with van der Waals surface area (Å²) in [6, 6.07) is 8.65. The lowest BCUT2D eigenvalue weighted by Crippen LogP contribution is -2.22. The van der Waals surface area contributed by atoms with E-state index in [1.54, 1.807) is 0 Å². The maximum Gasteiger partial charge on any atom is 0.155 e. The van der Waals surface area contributed by atoms with Crippen molar-refractivity contribution in [3.63, 3.8) is 0 Å². The highest BCUT2D eigenvalue weighted by atomic mass is 15.4. The van der Waals surface area contributed by atoms with Crippen molar-refractivity contribution in [3.05, 3.63) is 35.5 Å². The number of aromatic nitrogens is 2. The van der Waals surface area contributed by atoms with E-state index in [1.165, 1.54) is 11.3 Å². The highest BCUT2D eigenvalue weighted by Crippen LogP contribution is 2.35. The third kappa shape index (κ3) is 2.38. The molecule has 4 heteroatoms. The molecule has 4 nitrogen and oxygen atoms in total. The predicted molar refractivity (Wildman–Crippen MR) is 85.6 cm³/mol. The number of benzene rings is 1. The summed E-state index contributed by atoms with van der Waals surface area (Å²) in [6.45, 7) is 11.3. The van der Waals surface area contributed by atoms with Crippen LogP contribution in [0.4, 0.5) is 17.2 Å². The maximum atomic E-state index is 6.28. The molecule has 0 radical (unpaired) electrons. The van der Waals surface area contributed by atoms with Crippen molar-refractivity contribution >= 4 is 17.2 Å². The standard InChI is InChI=1S/C16H24N4/c1-6-19(14-10-8-7-9-12(14)4)16-15(17)13(5)18-20(16)11(2)3/h7-11H,6,17H2,1-5H3. The van der Waals surface area contributed by atoms with E-state index in [9.17, 15) is 0 Å². The number of nitrogen functional groups attached to an aromatic ring is 1. The maximum absolute atomic E-state index is 6.28. The average molecular weight is 272 g/mol. The number of nitrogens with two attached hydrogens (primary N) is 1. The van der Waals surface area contributed by atoms with Crippen LogP contribution in [0, 0.1) is 13.8 Å². The SMILES string of the molecule is CCN(c1ccccc1C)c1c(N)c(C)nn1C(C)C. The first-order valence-electron chi connectivity index (χ1n) is 7.15. The summed E-state index contributed by atoms with van der Waals surface area (Å²) in [7, 11) is 0. The molecular weight excluding hydrogens is 248 g/mol. The molecule has 0 aliphatic heterocycles. The Morgan fingerprint density at radius 2 is 1.90 bits per heavy atom. The van der Waals surface area contributed by atoms with Gasteiger partial charge < -0.3 is 10.6 Å². The van der Waals surface area contributed by atoms with Gasteiger partial charge in [0.15, 0.2) is 5.82 Å². The Balaban J connectivity index is 2.61. The van der Waals surface area contributed by atoms with Gasteiger partial charge in [-0.25, -0.2) is 4.68 Å². The number of para-hydroxylation sites is 1. The normalized spacial score (nSPS) is 11.1. The van der Waals surface area contributed by atoms with Crippen molar-refractivity contribution in [1.29, 1.82) is 0 Å². The molecule has 0 aliphatic rings. The number of nitrogens with zero attached hydrogens (tertiary/aromatic N) is 3. The molecule has 108 valence electrons. The Morgan fingerprint density at radius 1 is 1.25 bits per heavy atom. The van der Waals surface area contributed by atoms with Crippen molar-refractivity contribution < 1.29 is 0 Å². The molecule has 0 bridgehead atoms.